The molecule has 174 valence electrons. The second-order valence-corrected chi connectivity index (χ2v) is 14.0. The Kier molecular flexibility index (Phi) is 6.37. The number of ether oxygens (including phenoxy) is 3. The molecular formula is C25H35NO5Si. The van der Waals surface area contributed by atoms with Gasteiger partial charge in [-0.1, -0.05) is 74.5 Å². The van der Waals surface area contributed by atoms with E-state index >= 15 is 0 Å². The van der Waals surface area contributed by atoms with Crippen LogP contribution >= 0.6 is 0 Å². The summed E-state index contributed by atoms with van der Waals surface area (Å²) < 4.78 is 18.0. The van der Waals surface area contributed by atoms with Crippen LogP contribution in [0.5, 0.6) is 0 Å². The van der Waals surface area contributed by atoms with Crippen LogP contribution < -0.4 is 16.1 Å². The Morgan fingerprint density at radius 3 is 2.09 bits per heavy atom. The Morgan fingerprint density at radius 1 is 1.03 bits per heavy atom. The van der Waals surface area contributed by atoms with Crippen LogP contribution in [-0.2, 0) is 14.2 Å². The quantitative estimate of drug-likeness (QED) is 0.590. The first-order valence-electron chi connectivity index (χ1n) is 11.3. The number of fused-ring (bicyclic) bond motifs is 1. The molecule has 0 spiro atoms. The zero-order chi connectivity index (χ0) is 23.1. The average molecular weight is 458 g/mol. The Balaban J connectivity index is 1.65. The molecule has 0 radical (unpaired) electrons. The largest absolute Gasteiger partial charge is 0.424 e. The van der Waals surface area contributed by atoms with Crippen LogP contribution in [-0.4, -0.2) is 61.1 Å². The van der Waals surface area contributed by atoms with Gasteiger partial charge < -0.3 is 29.8 Å². The first kappa shape index (κ1) is 23.6. The third-order valence-corrected chi connectivity index (χ3v) is 11.5. The summed E-state index contributed by atoms with van der Waals surface area (Å²) in [6.45, 7) is 8.12. The summed E-state index contributed by atoms with van der Waals surface area (Å²) in [6, 6.07) is 19.1. The molecule has 0 bridgehead atoms. The fourth-order valence-electron chi connectivity index (χ4n) is 5.12. The van der Waals surface area contributed by atoms with Gasteiger partial charge in [-0.3, -0.25) is 0 Å². The summed E-state index contributed by atoms with van der Waals surface area (Å²) in [6.07, 6.45) is -1.76. The molecule has 0 aromatic heterocycles. The van der Waals surface area contributed by atoms with E-state index in [-0.39, 0.29) is 0 Å². The van der Waals surface area contributed by atoms with Gasteiger partial charge in [0.2, 0.25) is 0 Å². The fraction of sp³-hybridized carbons (Fsp3) is 0.520. The molecule has 6 nitrogen and oxygen atoms in total. The van der Waals surface area contributed by atoms with Crippen molar-refractivity contribution in [2.24, 2.45) is 5.73 Å². The van der Waals surface area contributed by atoms with Crippen molar-refractivity contribution in [2.45, 2.75) is 75.4 Å². The highest BCUT2D eigenvalue weighted by Gasteiger charge is 2.55. The predicted octanol–water partition coefficient (Wildman–Crippen LogP) is 1.52. The maximum absolute atomic E-state index is 12.4. The lowest BCUT2D eigenvalue weighted by Gasteiger charge is -2.51. The molecule has 7 heteroatoms. The molecule has 4 N–H and O–H groups in total. The van der Waals surface area contributed by atoms with Gasteiger partial charge in [-0.25, -0.2) is 0 Å². The van der Waals surface area contributed by atoms with Crippen molar-refractivity contribution >= 4 is 18.7 Å². The first-order valence-corrected chi connectivity index (χ1v) is 13.2. The van der Waals surface area contributed by atoms with E-state index in [1.165, 1.54) is 0 Å². The predicted molar refractivity (Wildman–Crippen MR) is 126 cm³/mol. The van der Waals surface area contributed by atoms with Crippen LogP contribution in [0.2, 0.25) is 5.04 Å². The molecular weight excluding hydrogens is 422 g/mol. The van der Waals surface area contributed by atoms with Crippen molar-refractivity contribution in [1.82, 2.24) is 0 Å². The van der Waals surface area contributed by atoms with Crippen molar-refractivity contribution < 1.29 is 24.1 Å². The number of aliphatic hydroxyl groups is 1. The van der Waals surface area contributed by atoms with E-state index in [0.29, 0.717) is 13.0 Å². The number of rotatable bonds is 5. The molecule has 2 unspecified atom stereocenters. The van der Waals surface area contributed by atoms with Gasteiger partial charge in [0.05, 0.1) is 18.8 Å². The Morgan fingerprint density at radius 2 is 1.56 bits per heavy atom. The molecule has 2 heterocycles. The van der Waals surface area contributed by atoms with E-state index in [1.54, 1.807) is 0 Å². The van der Waals surface area contributed by atoms with E-state index in [2.05, 4.69) is 13.8 Å². The van der Waals surface area contributed by atoms with Gasteiger partial charge in [-0.15, -0.1) is 0 Å². The minimum Gasteiger partial charge on any atom is -0.424 e. The fourth-order valence-corrected chi connectivity index (χ4v) is 8.86. The van der Waals surface area contributed by atoms with Gasteiger partial charge in [0, 0.05) is 0 Å². The van der Waals surface area contributed by atoms with Crippen LogP contribution in [0.1, 0.15) is 34.1 Å². The molecule has 32 heavy (non-hydrogen) atoms. The van der Waals surface area contributed by atoms with Gasteiger partial charge in [0.1, 0.15) is 18.3 Å². The molecule has 2 aromatic carbocycles. The summed E-state index contributed by atoms with van der Waals surface area (Å²) in [5.74, 6) is -0.787. The molecule has 0 amide bonds. The molecule has 2 aromatic rings. The summed E-state index contributed by atoms with van der Waals surface area (Å²) in [4.78, 5) is 12.4. The Bertz CT molecular complexity index is 866. The van der Waals surface area contributed by atoms with E-state index in [9.17, 15) is 9.90 Å². The van der Waals surface area contributed by atoms with Crippen LogP contribution in [0, 0.1) is 0 Å². The Hall–Kier alpha value is -1.58. The van der Waals surface area contributed by atoms with E-state index in [1.807, 2.05) is 74.5 Å². The van der Waals surface area contributed by atoms with Gasteiger partial charge in [-0.2, -0.15) is 0 Å². The zero-order valence-electron chi connectivity index (χ0n) is 19.3. The van der Waals surface area contributed by atoms with Crippen molar-refractivity contribution in [2.75, 3.05) is 6.61 Å². The molecule has 2 saturated heterocycles. The molecule has 2 fully saturated rings. The first-order chi connectivity index (χ1) is 15.1. The van der Waals surface area contributed by atoms with Crippen molar-refractivity contribution in [3.8, 4) is 0 Å². The summed E-state index contributed by atoms with van der Waals surface area (Å²) in [5.41, 5.74) is 6.48. The van der Waals surface area contributed by atoms with Crippen LogP contribution in [0.3, 0.4) is 0 Å². The normalized spacial score (nSPS) is 30.5. The lowest BCUT2D eigenvalue weighted by atomic mass is 9.88. The lowest BCUT2D eigenvalue weighted by molar-refractivity contribution is -0.347. The number of nitrogens with two attached hydrogens (primary N) is 1. The molecule has 0 aliphatic carbocycles. The topological polar surface area (TPSA) is 94.2 Å². The SMILES string of the molecule is CC1(C)OCC2O[C@@H](CC(C)(C)[Si](O)(c3ccccc3)c3ccccc3)[C@@H](N)C(O)[C@@H]2O1. The second kappa shape index (κ2) is 8.65. The number of hydrogen-bond donors (Lipinski definition) is 3. The van der Waals surface area contributed by atoms with Crippen molar-refractivity contribution in [3.63, 3.8) is 0 Å². The molecule has 2 aliphatic heterocycles. The van der Waals surface area contributed by atoms with E-state index in [0.717, 1.165) is 10.4 Å². The van der Waals surface area contributed by atoms with Crippen LogP contribution in [0.4, 0.5) is 0 Å². The van der Waals surface area contributed by atoms with Crippen molar-refractivity contribution in [1.29, 1.82) is 0 Å². The zero-order valence-corrected chi connectivity index (χ0v) is 20.3. The molecule has 5 atom stereocenters. The number of aliphatic hydroxyl groups excluding tert-OH is 1. The summed E-state index contributed by atoms with van der Waals surface area (Å²) in [5, 5.41) is 12.3. The summed E-state index contributed by atoms with van der Waals surface area (Å²) >= 11 is 0. The average Bonchev–Trinajstić information content (AvgIpc) is 2.78. The maximum atomic E-state index is 12.4. The molecule has 4 rings (SSSR count). The minimum absolute atomic E-state index is 0.331. The number of benzene rings is 2. The summed E-state index contributed by atoms with van der Waals surface area (Å²) in [7, 11) is -3.21. The highest BCUT2D eigenvalue weighted by Crippen LogP contribution is 2.43. The van der Waals surface area contributed by atoms with Crippen molar-refractivity contribution in [3.05, 3.63) is 60.7 Å². The standard InChI is InChI=1S/C25H35NO5Si/c1-24(2,32(28,17-11-7-5-8-12-17)18-13-9-6-10-14-18)15-19-21(26)22(27)23-20(30-19)16-29-25(3,4)31-23/h5-14,19-23,27-28H,15-16,26H2,1-4H3/t19-,20?,21+,22?,23+/m0/s1. The highest BCUT2D eigenvalue weighted by atomic mass is 28.4. The van der Waals surface area contributed by atoms with Gasteiger partial charge in [0.15, 0.2) is 5.79 Å². The number of hydrogen-bond acceptors (Lipinski definition) is 6. The second-order valence-electron chi connectivity index (χ2n) is 10.1. The van der Waals surface area contributed by atoms with Crippen LogP contribution in [0.15, 0.2) is 60.7 Å². The van der Waals surface area contributed by atoms with E-state index in [4.69, 9.17) is 19.9 Å². The minimum atomic E-state index is -3.21. The van der Waals surface area contributed by atoms with E-state index < -0.39 is 49.6 Å². The van der Waals surface area contributed by atoms with Gasteiger partial charge >= 0.3 is 0 Å². The third-order valence-electron chi connectivity index (χ3n) is 6.97. The monoisotopic (exact) mass is 457 g/mol. The van der Waals surface area contributed by atoms with Crippen LogP contribution in [0.25, 0.3) is 0 Å². The van der Waals surface area contributed by atoms with Gasteiger partial charge in [0.25, 0.3) is 8.32 Å². The smallest absolute Gasteiger partial charge is 0.258 e. The van der Waals surface area contributed by atoms with Gasteiger partial charge in [-0.05, 0) is 35.7 Å². The highest BCUT2D eigenvalue weighted by molar-refractivity contribution is 6.98. The molecule has 2 aliphatic rings. The lowest BCUT2D eigenvalue weighted by Crippen LogP contribution is -2.69. The maximum Gasteiger partial charge on any atom is 0.258 e. The third kappa shape index (κ3) is 4.19. The molecule has 0 saturated carbocycles. The Labute approximate surface area is 191 Å².